The Bertz CT molecular complexity index is 445. The van der Waals surface area contributed by atoms with E-state index in [0.29, 0.717) is 0 Å². The minimum Gasteiger partial charge on any atom is -0.310 e. The van der Waals surface area contributed by atoms with E-state index in [4.69, 9.17) is 0 Å². The summed E-state index contributed by atoms with van der Waals surface area (Å²) in [6.45, 7) is 0. The van der Waals surface area contributed by atoms with Gasteiger partial charge in [0.25, 0.3) is 0 Å². The van der Waals surface area contributed by atoms with Crippen LogP contribution in [-0.4, -0.2) is 19.6 Å². The van der Waals surface area contributed by atoms with Crippen molar-refractivity contribution in [1.29, 1.82) is 0 Å². The van der Waals surface area contributed by atoms with Gasteiger partial charge in [-0.25, -0.2) is 14.2 Å². The van der Waals surface area contributed by atoms with Gasteiger partial charge < -0.3 is 4.98 Å². The molecule has 6 heteroatoms. The number of aromatic nitrogens is 4. The molecule has 56 valence electrons. The number of hydrogen-bond acceptors (Lipinski definition) is 3. The molecule has 0 saturated carbocycles. The normalized spacial score (nSPS) is 10.6. The Kier molecular flexibility index (Phi) is 1.03. The van der Waals surface area contributed by atoms with Crippen molar-refractivity contribution in [3.63, 3.8) is 0 Å². The van der Waals surface area contributed by atoms with E-state index in [0.717, 1.165) is 17.0 Å². The van der Waals surface area contributed by atoms with Crippen LogP contribution in [0.3, 0.4) is 0 Å². The molecule has 0 unspecified atom stereocenters. The summed E-state index contributed by atoms with van der Waals surface area (Å²) in [4.78, 5) is 16.5. The van der Waals surface area contributed by atoms with Crippen molar-refractivity contribution in [3.05, 3.63) is 28.8 Å². The summed E-state index contributed by atoms with van der Waals surface area (Å²) < 4.78 is 13.6. The Labute approximate surface area is 59.5 Å². The molecule has 2 aromatic rings. The Morgan fingerprint density at radius 3 is 3.18 bits per heavy atom. The Balaban J connectivity index is 3.08. The van der Waals surface area contributed by atoms with Gasteiger partial charge in [-0.3, -0.25) is 0 Å². The van der Waals surface area contributed by atoms with Gasteiger partial charge in [-0.2, -0.15) is 9.61 Å². The SMILES string of the molecule is O=c1[nH]cc(F)c2ncnn12. The van der Waals surface area contributed by atoms with E-state index in [1.54, 1.807) is 0 Å². The average molecular weight is 154 g/mol. The summed E-state index contributed by atoms with van der Waals surface area (Å²) in [6, 6.07) is 0. The summed E-state index contributed by atoms with van der Waals surface area (Å²) >= 11 is 0. The average Bonchev–Trinajstić information content (AvgIpc) is 2.45. The molecular weight excluding hydrogens is 151 g/mol. The summed E-state index contributed by atoms with van der Waals surface area (Å²) in [5.74, 6) is -0.595. The lowest BCUT2D eigenvalue weighted by molar-refractivity contribution is 0.614. The molecule has 0 aliphatic carbocycles. The number of H-pyrrole nitrogens is 1. The predicted molar refractivity (Wildman–Crippen MR) is 33.6 cm³/mol. The molecule has 0 fully saturated rings. The van der Waals surface area contributed by atoms with Gasteiger partial charge in [0.2, 0.25) is 0 Å². The zero-order valence-electron chi connectivity index (χ0n) is 5.28. The highest BCUT2D eigenvalue weighted by Crippen LogP contribution is 1.97. The highest BCUT2D eigenvalue weighted by atomic mass is 19.1. The standard InChI is InChI=1S/C5H3FN4O/c6-3-1-7-5(11)10-4(3)8-2-9-10/h1-2H,(H,7,11). The fraction of sp³-hybridized carbons (Fsp3) is 0. The van der Waals surface area contributed by atoms with Crippen molar-refractivity contribution >= 4 is 5.65 Å². The molecule has 0 aliphatic rings. The lowest BCUT2D eigenvalue weighted by Gasteiger charge is -1.88. The third-order valence-corrected chi connectivity index (χ3v) is 1.28. The van der Waals surface area contributed by atoms with Crippen molar-refractivity contribution in [3.8, 4) is 0 Å². The zero-order chi connectivity index (χ0) is 7.84. The van der Waals surface area contributed by atoms with Crippen LogP contribution in [0.15, 0.2) is 17.3 Å². The molecule has 0 bridgehead atoms. The lowest BCUT2D eigenvalue weighted by atomic mass is 10.6. The number of hydrogen-bond donors (Lipinski definition) is 1. The van der Waals surface area contributed by atoms with Gasteiger partial charge in [0.15, 0.2) is 11.5 Å². The maximum Gasteiger partial charge on any atom is 0.348 e. The molecule has 0 saturated heterocycles. The smallest absolute Gasteiger partial charge is 0.310 e. The number of halogens is 1. The summed E-state index contributed by atoms with van der Waals surface area (Å²) in [5.41, 5.74) is -0.562. The van der Waals surface area contributed by atoms with Crippen LogP contribution in [-0.2, 0) is 0 Å². The highest BCUT2D eigenvalue weighted by Gasteiger charge is 2.03. The quantitative estimate of drug-likeness (QED) is 0.559. The van der Waals surface area contributed by atoms with E-state index in [1.807, 2.05) is 0 Å². The molecule has 0 aliphatic heterocycles. The van der Waals surface area contributed by atoms with E-state index >= 15 is 0 Å². The maximum atomic E-state index is 12.7. The van der Waals surface area contributed by atoms with Crippen LogP contribution in [0, 0.1) is 5.82 Å². The molecule has 1 N–H and O–H groups in total. The van der Waals surface area contributed by atoms with Crippen LogP contribution in [0.2, 0.25) is 0 Å². The third-order valence-electron chi connectivity index (χ3n) is 1.28. The molecule has 0 radical (unpaired) electrons. The van der Waals surface area contributed by atoms with Crippen LogP contribution >= 0.6 is 0 Å². The fourth-order valence-electron chi connectivity index (χ4n) is 0.804. The van der Waals surface area contributed by atoms with Gasteiger partial charge in [0.05, 0.1) is 0 Å². The van der Waals surface area contributed by atoms with Gasteiger partial charge in [0, 0.05) is 6.20 Å². The van der Waals surface area contributed by atoms with Crippen molar-refractivity contribution in [2.24, 2.45) is 0 Å². The molecule has 2 rings (SSSR count). The van der Waals surface area contributed by atoms with E-state index in [1.165, 1.54) is 0 Å². The second-order valence-electron chi connectivity index (χ2n) is 1.94. The third kappa shape index (κ3) is 0.721. The van der Waals surface area contributed by atoms with Crippen LogP contribution in [0.5, 0.6) is 0 Å². The molecule has 0 aromatic carbocycles. The molecule has 0 spiro atoms. The predicted octanol–water partition coefficient (Wildman–Crippen LogP) is -0.443. The molecule has 2 heterocycles. The number of fused-ring (bicyclic) bond motifs is 1. The monoisotopic (exact) mass is 154 g/mol. The maximum absolute atomic E-state index is 12.7. The van der Waals surface area contributed by atoms with Crippen molar-refractivity contribution in [2.45, 2.75) is 0 Å². The molecule has 2 aromatic heterocycles. The first-order chi connectivity index (χ1) is 5.29. The lowest BCUT2D eigenvalue weighted by Crippen LogP contribution is -2.17. The molecule has 0 atom stereocenters. The molecular formula is C5H3FN4O. The van der Waals surface area contributed by atoms with Crippen molar-refractivity contribution < 1.29 is 4.39 Å². The molecule has 11 heavy (non-hydrogen) atoms. The van der Waals surface area contributed by atoms with E-state index in [-0.39, 0.29) is 5.65 Å². The second kappa shape index (κ2) is 1.88. The highest BCUT2D eigenvalue weighted by molar-refractivity contribution is 5.35. The Hall–Kier alpha value is -1.72. The second-order valence-corrected chi connectivity index (χ2v) is 1.94. The Morgan fingerprint density at radius 2 is 2.45 bits per heavy atom. The van der Waals surface area contributed by atoms with Gasteiger partial charge in [0.1, 0.15) is 6.33 Å². The van der Waals surface area contributed by atoms with Gasteiger partial charge in [-0.05, 0) is 0 Å². The topological polar surface area (TPSA) is 63.0 Å². The van der Waals surface area contributed by atoms with E-state index in [2.05, 4.69) is 15.1 Å². The summed E-state index contributed by atoms with van der Waals surface area (Å²) in [6.07, 6.45) is 2.07. The summed E-state index contributed by atoms with van der Waals surface area (Å²) in [5, 5.41) is 3.50. The number of nitrogens with one attached hydrogen (secondary N) is 1. The number of nitrogens with zero attached hydrogens (tertiary/aromatic N) is 3. The molecule has 0 amide bonds. The number of aromatic amines is 1. The number of rotatable bonds is 0. The van der Waals surface area contributed by atoms with Crippen LogP contribution in [0.1, 0.15) is 0 Å². The zero-order valence-corrected chi connectivity index (χ0v) is 5.28. The largest absolute Gasteiger partial charge is 0.348 e. The van der Waals surface area contributed by atoms with Crippen molar-refractivity contribution in [1.82, 2.24) is 19.6 Å². The van der Waals surface area contributed by atoms with Crippen LogP contribution in [0.4, 0.5) is 4.39 Å². The van der Waals surface area contributed by atoms with E-state index in [9.17, 15) is 9.18 Å². The van der Waals surface area contributed by atoms with Gasteiger partial charge in [-0.1, -0.05) is 0 Å². The van der Waals surface area contributed by atoms with Gasteiger partial charge in [-0.15, -0.1) is 0 Å². The first-order valence-electron chi connectivity index (χ1n) is 2.86. The molecule has 5 nitrogen and oxygen atoms in total. The van der Waals surface area contributed by atoms with Crippen molar-refractivity contribution in [2.75, 3.05) is 0 Å². The Morgan fingerprint density at radius 1 is 1.64 bits per heavy atom. The van der Waals surface area contributed by atoms with E-state index < -0.39 is 11.5 Å². The minimum atomic E-state index is -0.595. The fourth-order valence-corrected chi connectivity index (χ4v) is 0.804. The summed E-state index contributed by atoms with van der Waals surface area (Å²) in [7, 11) is 0. The minimum absolute atomic E-state index is 0.0613. The van der Waals surface area contributed by atoms with Crippen LogP contribution < -0.4 is 5.69 Å². The van der Waals surface area contributed by atoms with Gasteiger partial charge >= 0.3 is 5.69 Å². The first kappa shape index (κ1) is 6.02. The van der Waals surface area contributed by atoms with Crippen LogP contribution in [0.25, 0.3) is 5.65 Å². The first-order valence-corrected chi connectivity index (χ1v) is 2.86.